The summed E-state index contributed by atoms with van der Waals surface area (Å²) in [7, 11) is 0. The minimum atomic E-state index is 0.491. The van der Waals surface area contributed by atoms with Crippen LogP contribution >= 0.6 is 0 Å². The van der Waals surface area contributed by atoms with Crippen LogP contribution in [-0.2, 0) is 0 Å². The van der Waals surface area contributed by atoms with Crippen molar-refractivity contribution in [2.45, 2.75) is 45.6 Å². The number of nitrogens with two attached hydrogens (primary N) is 2. The van der Waals surface area contributed by atoms with Gasteiger partial charge >= 0.3 is 0 Å². The first-order chi connectivity index (χ1) is 6.65. The minimum Gasteiger partial charge on any atom is -0.368 e. The Labute approximate surface area is 86.3 Å². The smallest absolute Gasteiger partial charge is 0.213 e. The van der Waals surface area contributed by atoms with E-state index in [1.165, 1.54) is 25.7 Å². The number of guanidine groups is 1. The SMILES string of the molecule is CC(C)CN(C(N)=NN)C1CCCC1. The van der Waals surface area contributed by atoms with E-state index in [2.05, 4.69) is 23.8 Å². The third-order valence-electron chi connectivity index (χ3n) is 2.75. The van der Waals surface area contributed by atoms with Gasteiger partial charge in [-0.25, -0.2) is 0 Å². The van der Waals surface area contributed by atoms with Crippen LogP contribution in [0.15, 0.2) is 5.10 Å². The van der Waals surface area contributed by atoms with E-state index < -0.39 is 0 Å². The lowest BCUT2D eigenvalue weighted by Gasteiger charge is -2.30. The van der Waals surface area contributed by atoms with Gasteiger partial charge in [-0.3, -0.25) is 0 Å². The lowest BCUT2D eigenvalue weighted by Crippen LogP contribution is -2.46. The molecule has 82 valence electrons. The molecule has 1 saturated carbocycles. The Morgan fingerprint density at radius 1 is 1.43 bits per heavy atom. The topological polar surface area (TPSA) is 67.6 Å². The predicted molar refractivity (Wildman–Crippen MR) is 59.6 cm³/mol. The number of nitrogens with zero attached hydrogens (tertiary/aromatic N) is 2. The second kappa shape index (κ2) is 5.08. The van der Waals surface area contributed by atoms with Crippen molar-refractivity contribution < 1.29 is 0 Å². The molecule has 0 atom stereocenters. The summed E-state index contributed by atoms with van der Waals surface area (Å²) < 4.78 is 0. The minimum absolute atomic E-state index is 0.491. The Kier molecular flexibility index (Phi) is 4.04. The summed E-state index contributed by atoms with van der Waals surface area (Å²) in [6, 6.07) is 0.560. The first kappa shape index (κ1) is 11.1. The summed E-state index contributed by atoms with van der Waals surface area (Å²) in [5, 5.41) is 3.61. The van der Waals surface area contributed by atoms with Crippen LogP contribution in [0.2, 0.25) is 0 Å². The van der Waals surface area contributed by atoms with Gasteiger partial charge in [0.1, 0.15) is 0 Å². The highest BCUT2D eigenvalue weighted by molar-refractivity contribution is 5.78. The normalized spacial score (nSPS) is 19.2. The third kappa shape index (κ3) is 2.79. The van der Waals surface area contributed by atoms with Gasteiger partial charge < -0.3 is 16.5 Å². The zero-order valence-electron chi connectivity index (χ0n) is 9.24. The van der Waals surface area contributed by atoms with E-state index in [1.54, 1.807) is 0 Å². The zero-order valence-corrected chi connectivity index (χ0v) is 9.24. The maximum atomic E-state index is 5.80. The summed E-state index contributed by atoms with van der Waals surface area (Å²) >= 11 is 0. The Morgan fingerprint density at radius 2 is 2.00 bits per heavy atom. The van der Waals surface area contributed by atoms with Gasteiger partial charge in [0, 0.05) is 12.6 Å². The second-order valence-electron chi connectivity index (χ2n) is 4.47. The maximum absolute atomic E-state index is 5.80. The lowest BCUT2D eigenvalue weighted by atomic mass is 10.1. The van der Waals surface area contributed by atoms with Crippen LogP contribution in [0.4, 0.5) is 0 Å². The quantitative estimate of drug-likeness (QED) is 0.308. The van der Waals surface area contributed by atoms with Gasteiger partial charge in [0.25, 0.3) is 0 Å². The first-order valence-corrected chi connectivity index (χ1v) is 5.45. The Morgan fingerprint density at radius 3 is 2.43 bits per heavy atom. The molecule has 0 aromatic rings. The van der Waals surface area contributed by atoms with Crippen LogP contribution < -0.4 is 11.6 Å². The van der Waals surface area contributed by atoms with E-state index in [-0.39, 0.29) is 0 Å². The summed E-state index contributed by atoms with van der Waals surface area (Å²) in [5.41, 5.74) is 5.80. The van der Waals surface area contributed by atoms with E-state index in [9.17, 15) is 0 Å². The van der Waals surface area contributed by atoms with Crippen molar-refractivity contribution in [3.8, 4) is 0 Å². The molecule has 0 heterocycles. The van der Waals surface area contributed by atoms with Crippen LogP contribution in [-0.4, -0.2) is 23.4 Å². The molecule has 4 heteroatoms. The van der Waals surface area contributed by atoms with Crippen molar-refractivity contribution in [2.24, 2.45) is 22.6 Å². The summed E-state index contributed by atoms with van der Waals surface area (Å²) in [6.07, 6.45) is 5.06. The predicted octanol–water partition coefficient (Wildman–Crippen LogP) is 1.08. The molecule has 14 heavy (non-hydrogen) atoms. The summed E-state index contributed by atoms with van der Waals surface area (Å²) in [4.78, 5) is 2.16. The van der Waals surface area contributed by atoms with E-state index in [1.807, 2.05) is 0 Å². The van der Waals surface area contributed by atoms with Crippen molar-refractivity contribution in [2.75, 3.05) is 6.54 Å². The van der Waals surface area contributed by atoms with Gasteiger partial charge in [0.15, 0.2) is 0 Å². The van der Waals surface area contributed by atoms with Crippen molar-refractivity contribution in [1.82, 2.24) is 4.90 Å². The van der Waals surface area contributed by atoms with Gasteiger partial charge in [0.05, 0.1) is 0 Å². The average Bonchev–Trinajstić information content (AvgIpc) is 2.65. The van der Waals surface area contributed by atoms with E-state index in [4.69, 9.17) is 11.6 Å². The molecule has 0 aromatic heterocycles. The molecule has 1 aliphatic carbocycles. The molecule has 0 aromatic carbocycles. The molecule has 0 aliphatic heterocycles. The van der Waals surface area contributed by atoms with Gasteiger partial charge in [-0.15, -0.1) is 5.10 Å². The Hall–Kier alpha value is -0.930. The molecule has 0 radical (unpaired) electrons. The highest BCUT2D eigenvalue weighted by atomic mass is 15.3. The first-order valence-electron chi connectivity index (χ1n) is 5.45. The molecule has 0 saturated heterocycles. The van der Waals surface area contributed by atoms with Crippen molar-refractivity contribution >= 4 is 5.96 Å². The third-order valence-corrected chi connectivity index (χ3v) is 2.75. The Bertz CT molecular complexity index is 194. The molecule has 1 fully saturated rings. The molecule has 0 unspecified atom stereocenters. The van der Waals surface area contributed by atoms with Gasteiger partial charge in [-0.2, -0.15) is 0 Å². The second-order valence-corrected chi connectivity index (χ2v) is 4.47. The fourth-order valence-electron chi connectivity index (χ4n) is 2.11. The van der Waals surface area contributed by atoms with E-state index >= 15 is 0 Å². The van der Waals surface area contributed by atoms with Crippen LogP contribution in [0.25, 0.3) is 0 Å². The largest absolute Gasteiger partial charge is 0.368 e. The lowest BCUT2D eigenvalue weighted by molar-refractivity contribution is 0.279. The molecule has 0 spiro atoms. The number of hydrogen-bond acceptors (Lipinski definition) is 2. The van der Waals surface area contributed by atoms with Crippen LogP contribution in [0.3, 0.4) is 0 Å². The number of hydrogen-bond donors (Lipinski definition) is 2. The van der Waals surface area contributed by atoms with Crippen molar-refractivity contribution in [3.63, 3.8) is 0 Å². The highest BCUT2D eigenvalue weighted by Crippen LogP contribution is 2.23. The maximum Gasteiger partial charge on any atom is 0.213 e. The standard InChI is InChI=1S/C10H22N4/c1-8(2)7-14(10(11)13-12)9-5-3-4-6-9/h8-9H,3-7,12H2,1-2H3,(H2,11,13). The van der Waals surface area contributed by atoms with Crippen LogP contribution in [0, 0.1) is 5.92 Å². The molecule has 4 N–H and O–H groups in total. The van der Waals surface area contributed by atoms with Crippen molar-refractivity contribution in [3.05, 3.63) is 0 Å². The Balaban J connectivity index is 2.60. The van der Waals surface area contributed by atoms with E-state index in [0.717, 1.165) is 6.54 Å². The average molecular weight is 198 g/mol. The van der Waals surface area contributed by atoms with E-state index in [0.29, 0.717) is 17.9 Å². The van der Waals surface area contributed by atoms with Crippen LogP contribution in [0.1, 0.15) is 39.5 Å². The molecule has 0 amide bonds. The number of rotatable bonds is 3. The van der Waals surface area contributed by atoms with Gasteiger partial charge in [-0.1, -0.05) is 26.7 Å². The van der Waals surface area contributed by atoms with Gasteiger partial charge in [-0.05, 0) is 18.8 Å². The molecule has 1 rings (SSSR count). The molecule has 0 bridgehead atoms. The van der Waals surface area contributed by atoms with Crippen LogP contribution in [0.5, 0.6) is 0 Å². The monoisotopic (exact) mass is 198 g/mol. The van der Waals surface area contributed by atoms with Crippen molar-refractivity contribution in [1.29, 1.82) is 0 Å². The fraction of sp³-hybridized carbons (Fsp3) is 0.900. The highest BCUT2D eigenvalue weighted by Gasteiger charge is 2.24. The zero-order chi connectivity index (χ0) is 10.6. The molecular formula is C10H22N4. The number of hydrazone groups is 1. The fourth-order valence-corrected chi connectivity index (χ4v) is 2.11. The molecule has 4 nitrogen and oxygen atoms in total. The summed E-state index contributed by atoms with van der Waals surface area (Å²) in [6.45, 7) is 5.33. The summed E-state index contributed by atoms with van der Waals surface area (Å²) in [5.74, 6) is 6.32. The van der Waals surface area contributed by atoms with Gasteiger partial charge in [0.2, 0.25) is 5.96 Å². The molecule has 1 aliphatic rings. The molecular weight excluding hydrogens is 176 g/mol.